The molecule has 2 heterocycles. The number of ether oxygens (including phenoxy) is 2. The van der Waals surface area contributed by atoms with Gasteiger partial charge in [-0.1, -0.05) is 23.7 Å². The number of furan rings is 1. The Labute approximate surface area is 203 Å². The Morgan fingerprint density at radius 2 is 1.97 bits per heavy atom. The molecular formula is C23H17ClN2O7S. The number of methoxy groups -OCH3 is 1. The fraction of sp³-hybridized carbons (Fsp3) is 0.130. The van der Waals surface area contributed by atoms with Crippen LogP contribution in [0, 0.1) is 10.1 Å². The Morgan fingerprint density at radius 3 is 2.71 bits per heavy atom. The van der Waals surface area contributed by atoms with Crippen molar-refractivity contribution < 1.29 is 28.4 Å². The van der Waals surface area contributed by atoms with E-state index in [2.05, 4.69) is 0 Å². The number of para-hydroxylation sites is 1. The lowest BCUT2D eigenvalue weighted by atomic mass is 10.1. The molecule has 3 aromatic rings. The molecule has 0 bridgehead atoms. The van der Waals surface area contributed by atoms with Crippen LogP contribution in [0.25, 0.3) is 17.4 Å². The van der Waals surface area contributed by atoms with E-state index in [0.29, 0.717) is 16.5 Å². The molecule has 34 heavy (non-hydrogen) atoms. The van der Waals surface area contributed by atoms with Gasteiger partial charge in [-0.05, 0) is 48.2 Å². The number of nitrogens with zero attached hydrogens (tertiary/aromatic N) is 2. The number of hydrogen-bond donors (Lipinski definition) is 0. The van der Waals surface area contributed by atoms with Crippen LogP contribution >= 0.6 is 23.4 Å². The van der Waals surface area contributed by atoms with Crippen LogP contribution in [0.3, 0.4) is 0 Å². The van der Waals surface area contributed by atoms with Crippen LogP contribution < -0.4 is 9.47 Å². The van der Waals surface area contributed by atoms with Crippen molar-refractivity contribution in [1.29, 1.82) is 0 Å². The van der Waals surface area contributed by atoms with Crippen molar-refractivity contribution in [1.82, 2.24) is 4.90 Å². The summed E-state index contributed by atoms with van der Waals surface area (Å²) in [5.41, 5.74) is 0.0781. The van der Waals surface area contributed by atoms with Crippen molar-refractivity contribution >= 4 is 46.3 Å². The second kappa shape index (κ2) is 10.0. The molecule has 0 N–H and O–H groups in total. The lowest BCUT2D eigenvalue weighted by Gasteiger charge is -2.13. The Morgan fingerprint density at radius 1 is 1.18 bits per heavy atom. The molecule has 11 heteroatoms. The Bertz CT molecular complexity index is 1300. The highest BCUT2D eigenvalue weighted by atomic mass is 35.5. The van der Waals surface area contributed by atoms with Crippen LogP contribution in [-0.2, 0) is 4.79 Å². The summed E-state index contributed by atoms with van der Waals surface area (Å²) < 4.78 is 16.3. The van der Waals surface area contributed by atoms with Gasteiger partial charge in [0.2, 0.25) is 0 Å². The molecule has 0 aliphatic carbocycles. The number of rotatable bonds is 8. The van der Waals surface area contributed by atoms with Gasteiger partial charge in [0, 0.05) is 6.08 Å². The molecule has 2 amide bonds. The maximum absolute atomic E-state index is 12.7. The zero-order chi connectivity index (χ0) is 24.2. The first-order valence-corrected chi connectivity index (χ1v) is 11.1. The van der Waals surface area contributed by atoms with Gasteiger partial charge in [0.1, 0.15) is 29.6 Å². The maximum atomic E-state index is 12.7. The van der Waals surface area contributed by atoms with E-state index in [4.69, 9.17) is 25.5 Å². The van der Waals surface area contributed by atoms with Gasteiger partial charge in [-0.25, -0.2) is 0 Å². The fourth-order valence-electron chi connectivity index (χ4n) is 3.20. The Hall–Kier alpha value is -3.76. The number of halogens is 1. The minimum atomic E-state index is -0.532. The van der Waals surface area contributed by atoms with E-state index in [9.17, 15) is 19.7 Å². The van der Waals surface area contributed by atoms with Gasteiger partial charge in [0.05, 0.1) is 40.1 Å². The van der Waals surface area contributed by atoms with Gasteiger partial charge in [-0.15, -0.1) is 0 Å². The maximum Gasteiger partial charge on any atom is 0.293 e. The highest BCUT2D eigenvalue weighted by Gasteiger charge is 2.35. The number of nitro groups is 1. The molecule has 4 rings (SSSR count). The first kappa shape index (κ1) is 23.4. The molecule has 0 atom stereocenters. The lowest BCUT2D eigenvalue weighted by Crippen LogP contribution is -2.32. The van der Waals surface area contributed by atoms with Crippen molar-refractivity contribution in [2.75, 3.05) is 20.3 Å². The van der Waals surface area contributed by atoms with Crippen LogP contribution in [-0.4, -0.2) is 41.2 Å². The molecule has 0 saturated carbocycles. The summed E-state index contributed by atoms with van der Waals surface area (Å²) in [4.78, 5) is 37.2. The van der Waals surface area contributed by atoms with Crippen molar-refractivity contribution in [3.63, 3.8) is 0 Å². The van der Waals surface area contributed by atoms with Gasteiger partial charge in [0.25, 0.3) is 16.8 Å². The number of thioether (sulfide) groups is 1. The fourth-order valence-corrected chi connectivity index (χ4v) is 4.24. The topological polar surface area (TPSA) is 112 Å². The van der Waals surface area contributed by atoms with Gasteiger partial charge in [0.15, 0.2) is 0 Å². The quantitative estimate of drug-likeness (QED) is 0.222. The number of carbonyl (C=O) groups is 2. The predicted octanol–water partition coefficient (Wildman–Crippen LogP) is 5.63. The standard InChI is InChI=1S/C23H17ClN2O7S/c1-31-14-6-8-16(18(12-14)26(29)30)19-9-7-15(33-19)13-21-22(27)25(23(28)34-21)10-11-32-20-5-3-2-4-17(20)24/h2-9,12-13H,10-11H2,1H3/b21-13-. The highest BCUT2D eigenvalue weighted by molar-refractivity contribution is 8.18. The number of benzene rings is 2. The second-order valence-electron chi connectivity index (χ2n) is 6.95. The molecule has 0 radical (unpaired) electrons. The lowest BCUT2D eigenvalue weighted by molar-refractivity contribution is -0.384. The summed E-state index contributed by atoms with van der Waals surface area (Å²) in [5.74, 6) is 0.842. The molecule has 0 unspecified atom stereocenters. The van der Waals surface area contributed by atoms with Crippen molar-refractivity contribution in [2.24, 2.45) is 0 Å². The SMILES string of the molecule is COc1ccc(-c2ccc(/C=C3\SC(=O)N(CCOc4ccccc4Cl)C3=O)o2)c([N+](=O)[O-])c1. The molecule has 1 saturated heterocycles. The Kier molecular flexibility index (Phi) is 6.90. The van der Waals surface area contributed by atoms with E-state index in [1.54, 1.807) is 42.5 Å². The smallest absolute Gasteiger partial charge is 0.293 e. The molecule has 0 spiro atoms. The third-order valence-electron chi connectivity index (χ3n) is 4.85. The minimum absolute atomic E-state index is 0.0503. The zero-order valence-corrected chi connectivity index (χ0v) is 19.3. The molecule has 2 aromatic carbocycles. The third kappa shape index (κ3) is 4.92. The molecule has 1 aliphatic rings. The molecule has 1 aliphatic heterocycles. The van der Waals surface area contributed by atoms with Gasteiger partial charge in [-0.2, -0.15) is 0 Å². The monoisotopic (exact) mass is 500 g/mol. The van der Waals surface area contributed by atoms with Crippen LogP contribution in [0.2, 0.25) is 5.02 Å². The number of hydrogen-bond acceptors (Lipinski definition) is 8. The van der Waals surface area contributed by atoms with E-state index in [0.717, 1.165) is 16.7 Å². The molecular weight excluding hydrogens is 484 g/mol. The van der Waals surface area contributed by atoms with Crippen molar-refractivity contribution in [3.8, 4) is 22.8 Å². The van der Waals surface area contributed by atoms with Crippen LogP contribution in [0.1, 0.15) is 5.76 Å². The summed E-state index contributed by atoms with van der Waals surface area (Å²) in [5, 5.41) is 11.4. The normalized spacial score (nSPS) is 14.6. The summed E-state index contributed by atoms with van der Waals surface area (Å²) in [6.45, 7) is 0.135. The highest BCUT2D eigenvalue weighted by Crippen LogP contribution is 2.36. The van der Waals surface area contributed by atoms with Crippen molar-refractivity contribution in [3.05, 3.63) is 80.4 Å². The van der Waals surface area contributed by atoms with Gasteiger partial charge < -0.3 is 13.9 Å². The summed E-state index contributed by atoms with van der Waals surface area (Å²) in [6, 6.07) is 14.4. The van der Waals surface area contributed by atoms with E-state index in [-0.39, 0.29) is 40.8 Å². The first-order chi connectivity index (χ1) is 16.4. The van der Waals surface area contributed by atoms with E-state index >= 15 is 0 Å². The first-order valence-electron chi connectivity index (χ1n) is 9.92. The average molecular weight is 501 g/mol. The van der Waals surface area contributed by atoms with Crippen LogP contribution in [0.15, 0.2) is 63.9 Å². The number of nitro benzene ring substituents is 1. The largest absolute Gasteiger partial charge is 0.497 e. The second-order valence-corrected chi connectivity index (χ2v) is 8.35. The Balaban J connectivity index is 1.47. The number of carbonyl (C=O) groups excluding carboxylic acids is 2. The van der Waals surface area contributed by atoms with Crippen LogP contribution in [0.5, 0.6) is 11.5 Å². The molecule has 174 valence electrons. The van der Waals surface area contributed by atoms with Crippen LogP contribution in [0.4, 0.5) is 10.5 Å². The third-order valence-corrected chi connectivity index (χ3v) is 6.07. The molecule has 9 nitrogen and oxygen atoms in total. The minimum Gasteiger partial charge on any atom is -0.497 e. The van der Waals surface area contributed by atoms with Gasteiger partial charge in [-0.3, -0.25) is 24.6 Å². The molecule has 1 fully saturated rings. The number of imide groups is 1. The number of amides is 2. The van der Waals surface area contributed by atoms with Gasteiger partial charge >= 0.3 is 0 Å². The zero-order valence-electron chi connectivity index (χ0n) is 17.7. The van der Waals surface area contributed by atoms with E-state index in [1.165, 1.54) is 25.3 Å². The van der Waals surface area contributed by atoms with E-state index < -0.39 is 16.1 Å². The summed E-state index contributed by atoms with van der Waals surface area (Å²) >= 11 is 6.82. The summed E-state index contributed by atoms with van der Waals surface area (Å²) in [6.07, 6.45) is 1.43. The summed E-state index contributed by atoms with van der Waals surface area (Å²) in [7, 11) is 1.42. The molecule has 1 aromatic heterocycles. The average Bonchev–Trinajstić information content (AvgIpc) is 3.39. The predicted molar refractivity (Wildman–Crippen MR) is 127 cm³/mol. The van der Waals surface area contributed by atoms with Crippen molar-refractivity contribution in [2.45, 2.75) is 0 Å². The van der Waals surface area contributed by atoms with E-state index in [1.807, 2.05) is 0 Å².